The molecule has 8 nitrogen and oxygen atoms in total. The molecule has 2 aliphatic rings. The van der Waals surface area contributed by atoms with Crippen LogP contribution in [0.15, 0.2) is 18.2 Å². The van der Waals surface area contributed by atoms with Crippen molar-refractivity contribution in [1.29, 1.82) is 0 Å². The number of likely N-dealkylation sites (tertiary alicyclic amines) is 1. The molecule has 0 saturated carbocycles. The van der Waals surface area contributed by atoms with Crippen LogP contribution in [0.1, 0.15) is 29.6 Å². The predicted octanol–water partition coefficient (Wildman–Crippen LogP) is 1.87. The molecule has 2 saturated heterocycles. The van der Waals surface area contributed by atoms with Gasteiger partial charge in [-0.05, 0) is 37.3 Å². The SMILES string of the molecule is CNC(=O)c1ccc(NC2CCN(CC3CCOC3)CC2)c([N+](=O)[O-])c1. The number of carbonyl (C=O) groups excluding carboxylic acids is 1. The van der Waals surface area contributed by atoms with Crippen molar-refractivity contribution < 1.29 is 14.5 Å². The van der Waals surface area contributed by atoms with Gasteiger partial charge in [0, 0.05) is 51.0 Å². The number of hydrogen-bond acceptors (Lipinski definition) is 6. The molecule has 1 amide bonds. The highest BCUT2D eigenvalue weighted by atomic mass is 16.6. The molecule has 1 aromatic rings. The molecule has 1 aromatic carbocycles. The average molecular weight is 362 g/mol. The molecule has 2 heterocycles. The van der Waals surface area contributed by atoms with E-state index in [1.165, 1.54) is 13.1 Å². The lowest BCUT2D eigenvalue weighted by Gasteiger charge is -2.34. The van der Waals surface area contributed by atoms with Gasteiger partial charge in [-0.3, -0.25) is 14.9 Å². The second kappa shape index (κ2) is 8.46. The number of piperidine rings is 1. The second-order valence-corrected chi connectivity index (χ2v) is 7.02. The number of nitro benzene ring substituents is 1. The molecule has 142 valence electrons. The summed E-state index contributed by atoms with van der Waals surface area (Å²) in [5.41, 5.74) is 0.709. The van der Waals surface area contributed by atoms with E-state index in [9.17, 15) is 14.9 Å². The van der Waals surface area contributed by atoms with Crippen LogP contribution in [0, 0.1) is 16.0 Å². The van der Waals surface area contributed by atoms with Gasteiger partial charge in [-0.1, -0.05) is 0 Å². The van der Waals surface area contributed by atoms with Gasteiger partial charge in [-0.15, -0.1) is 0 Å². The Balaban J connectivity index is 1.58. The minimum Gasteiger partial charge on any atom is -0.381 e. The van der Waals surface area contributed by atoms with Crippen molar-refractivity contribution in [1.82, 2.24) is 10.2 Å². The van der Waals surface area contributed by atoms with Gasteiger partial charge in [0.2, 0.25) is 0 Å². The number of nitrogens with zero attached hydrogens (tertiary/aromatic N) is 2. The van der Waals surface area contributed by atoms with Gasteiger partial charge >= 0.3 is 0 Å². The van der Waals surface area contributed by atoms with E-state index in [2.05, 4.69) is 15.5 Å². The Morgan fingerprint density at radius 1 is 1.35 bits per heavy atom. The van der Waals surface area contributed by atoms with Gasteiger partial charge in [0.15, 0.2) is 0 Å². The summed E-state index contributed by atoms with van der Waals surface area (Å²) in [4.78, 5) is 25.1. The highest BCUT2D eigenvalue weighted by Gasteiger charge is 2.25. The van der Waals surface area contributed by atoms with Gasteiger partial charge in [-0.2, -0.15) is 0 Å². The van der Waals surface area contributed by atoms with E-state index in [-0.39, 0.29) is 17.6 Å². The number of hydrogen-bond donors (Lipinski definition) is 2. The third-order valence-corrected chi connectivity index (χ3v) is 5.17. The molecule has 0 spiro atoms. The fourth-order valence-corrected chi connectivity index (χ4v) is 3.66. The zero-order valence-corrected chi connectivity index (χ0v) is 15.1. The number of nitrogens with one attached hydrogen (secondary N) is 2. The summed E-state index contributed by atoms with van der Waals surface area (Å²) in [5.74, 6) is 0.307. The van der Waals surface area contributed by atoms with Crippen molar-refractivity contribution >= 4 is 17.3 Å². The van der Waals surface area contributed by atoms with E-state index in [1.807, 2.05) is 0 Å². The molecule has 0 aromatic heterocycles. The van der Waals surface area contributed by atoms with Crippen molar-refractivity contribution in [3.05, 3.63) is 33.9 Å². The number of benzene rings is 1. The van der Waals surface area contributed by atoms with Gasteiger partial charge in [0.1, 0.15) is 5.69 Å². The Bertz CT molecular complexity index is 653. The molecule has 1 atom stereocenters. The Morgan fingerprint density at radius 2 is 2.12 bits per heavy atom. The minimum atomic E-state index is -0.440. The second-order valence-electron chi connectivity index (χ2n) is 7.02. The molecule has 2 fully saturated rings. The maximum absolute atomic E-state index is 11.7. The van der Waals surface area contributed by atoms with Crippen molar-refractivity contribution in [2.75, 3.05) is 45.2 Å². The van der Waals surface area contributed by atoms with Crippen molar-refractivity contribution in [3.8, 4) is 0 Å². The monoisotopic (exact) mass is 362 g/mol. The number of nitro groups is 1. The third kappa shape index (κ3) is 4.50. The molecule has 1 unspecified atom stereocenters. The molecular weight excluding hydrogens is 336 g/mol. The molecule has 0 bridgehead atoms. The number of amides is 1. The summed E-state index contributed by atoms with van der Waals surface area (Å²) in [6.45, 7) is 4.78. The lowest BCUT2D eigenvalue weighted by molar-refractivity contribution is -0.384. The van der Waals surface area contributed by atoms with Crippen LogP contribution in [0.4, 0.5) is 11.4 Å². The van der Waals surface area contributed by atoms with E-state index in [4.69, 9.17) is 4.74 Å². The van der Waals surface area contributed by atoms with Crippen LogP contribution in [0.2, 0.25) is 0 Å². The molecule has 26 heavy (non-hydrogen) atoms. The standard InChI is InChI=1S/C18H26N4O4/c1-19-18(23)14-2-3-16(17(10-14)22(24)25)20-15-4-7-21(8-5-15)11-13-6-9-26-12-13/h2-3,10,13,15,20H,4-9,11-12H2,1H3,(H,19,23). The van der Waals surface area contributed by atoms with E-state index in [0.29, 0.717) is 17.2 Å². The Labute approximate surface area is 153 Å². The summed E-state index contributed by atoms with van der Waals surface area (Å²) in [5, 5.41) is 17.2. The van der Waals surface area contributed by atoms with Crippen LogP contribution in [-0.4, -0.2) is 61.7 Å². The van der Waals surface area contributed by atoms with E-state index in [0.717, 1.165) is 52.1 Å². The lowest BCUT2D eigenvalue weighted by atomic mass is 10.0. The Kier molecular flexibility index (Phi) is 6.05. The summed E-state index contributed by atoms with van der Waals surface area (Å²) in [6, 6.07) is 4.78. The van der Waals surface area contributed by atoms with Gasteiger partial charge in [-0.25, -0.2) is 0 Å². The Morgan fingerprint density at radius 3 is 2.73 bits per heavy atom. The fraction of sp³-hybridized carbons (Fsp3) is 0.611. The highest BCUT2D eigenvalue weighted by Crippen LogP contribution is 2.28. The normalized spacial score (nSPS) is 21.5. The first-order chi connectivity index (χ1) is 12.6. The molecule has 0 aliphatic carbocycles. The fourth-order valence-electron chi connectivity index (χ4n) is 3.66. The first-order valence-corrected chi connectivity index (χ1v) is 9.14. The summed E-state index contributed by atoms with van der Waals surface area (Å²) < 4.78 is 5.44. The first-order valence-electron chi connectivity index (χ1n) is 9.14. The number of rotatable bonds is 6. The van der Waals surface area contributed by atoms with Crippen LogP contribution >= 0.6 is 0 Å². The molecule has 8 heteroatoms. The highest BCUT2D eigenvalue weighted by molar-refractivity contribution is 5.95. The maximum Gasteiger partial charge on any atom is 0.293 e. The number of ether oxygens (including phenoxy) is 1. The summed E-state index contributed by atoms with van der Waals surface area (Å²) >= 11 is 0. The van der Waals surface area contributed by atoms with Crippen LogP contribution in [0.25, 0.3) is 0 Å². The zero-order valence-electron chi connectivity index (χ0n) is 15.1. The number of carbonyl (C=O) groups is 1. The zero-order chi connectivity index (χ0) is 18.5. The predicted molar refractivity (Wildman–Crippen MR) is 98.5 cm³/mol. The third-order valence-electron chi connectivity index (χ3n) is 5.17. The van der Waals surface area contributed by atoms with Crippen LogP contribution < -0.4 is 10.6 Å². The van der Waals surface area contributed by atoms with Gasteiger partial charge < -0.3 is 20.3 Å². The van der Waals surface area contributed by atoms with Crippen molar-refractivity contribution in [2.45, 2.75) is 25.3 Å². The van der Waals surface area contributed by atoms with Crippen molar-refractivity contribution in [3.63, 3.8) is 0 Å². The molecule has 2 N–H and O–H groups in total. The largest absolute Gasteiger partial charge is 0.381 e. The summed E-state index contributed by atoms with van der Waals surface area (Å²) in [6.07, 6.45) is 3.03. The topological polar surface area (TPSA) is 96.7 Å². The quantitative estimate of drug-likeness (QED) is 0.592. The lowest BCUT2D eigenvalue weighted by Crippen LogP contribution is -2.41. The Hall–Kier alpha value is -2.19. The van der Waals surface area contributed by atoms with Gasteiger partial charge in [0.05, 0.1) is 11.5 Å². The minimum absolute atomic E-state index is 0.0587. The van der Waals surface area contributed by atoms with Crippen LogP contribution in [0.5, 0.6) is 0 Å². The van der Waals surface area contributed by atoms with Crippen LogP contribution in [0.3, 0.4) is 0 Å². The van der Waals surface area contributed by atoms with E-state index in [1.54, 1.807) is 12.1 Å². The molecule has 2 aliphatic heterocycles. The van der Waals surface area contributed by atoms with Gasteiger partial charge in [0.25, 0.3) is 11.6 Å². The van der Waals surface area contributed by atoms with Crippen molar-refractivity contribution in [2.24, 2.45) is 5.92 Å². The average Bonchev–Trinajstić information content (AvgIpc) is 3.16. The molecular formula is C18H26N4O4. The van der Waals surface area contributed by atoms with E-state index < -0.39 is 4.92 Å². The maximum atomic E-state index is 11.7. The van der Waals surface area contributed by atoms with E-state index >= 15 is 0 Å². The van der Waals surface area contributed by atoms with Crippen LogP contribution in [-0.2, 0) is 4.74 Å². The molecule has 0 radical (unpaired) electrons. The molecule has 3 rings (SSSR count). The number of anilines is 1. The first kappa shape index (κ1) is 18.6. The summed E-state index contributed by atoms with van der Waals surface area (Å²) in [7, 11) is 1.51. The smallest absolute Gasteiger partial charge is 0.293 e.